The van der Waals surface area contributed by atoms with Crippen molar-refractivity contribution >= 4 is 22.6 Å². The summed E-state index contributed by atoms with van der Waals surface area (Å²) in [6.07, 6.45) is 11.8. The zero-order valence-corrected chi connectivity index (χ0v) is 24.6. The number of nitrogens with zero attached hydrogens (tertiary/aromatic N) is 6. The molecular weight excluding hydrogens is 569 g/mol. The lowest BCUT2D eigenvalue weighted by Crippen LogP contribution is -2.63. The highest BCUT2D eigenvalue weighted by Crippen LogP contribution is 2.44. The molecule has 3 aromatic rings. The van der Waals surface area contributed by atoms with E-state index < -0.39 is 23.4 Å². The maximum Gasteiger partial charge on any atom is 0.319 e. The number of anilines is 1. The van der Waals surface area contributed by atoms with Gasteiger partial charge in [0.05, 0.1) is 23.2 Å². The quantitative estimate of drug-likeness (QED) is 0.362. The molecule has 11 heteroatoms. The van der Waals surface area contributed by atoms with Crippen LogP contribution in [-0.4, -0.2) is 81.1 Å². The number of aromatic nitrogens is 3. The van der Waals surface area contributed by atoms with Crippen LogP contribution >= 0.6 is 0 Å². The highest BCUT2D eigenvalue weighted by Gasteiger charge is 2.50. The van der Waals surface area contributed by atoms with E-state index in [4.69, 9.17) is 9.72 Å². The molecule has 4 saturated heterocycles. The Morgan fingerprint density at radius 1 is 1.05 bits per heavy atom. The molecule has 1 aliphatic carbocycles. The lowest BCUT2D eigenvalue weighted by molar-refractivity contribution is -0.130. The first-order valence-corrected chi connectivity index (χ1v) is 15.8. The van der Waals surface area contributed by atoms with E-state index in [2.05, 4.69) is 21.4 Å². The molecular formula is C33H35F3N6O2. The molecule has 4 aliphatic heterocycles. The number of pyridine rings is 1. The van der Waals surface area contributed by atoms with Crippen molar-refractivity contribution < 1.29 is 22.7 Å². The summed E-state index contributed by atoms with van der Waals surface area (Å²) in [6, 6.07) is 0.971. The van der Waals surface area contributed by atoms with Crippen molar-refractivity contribution in [2.75, 3.05) is 37.7 Å². The minimum absolute atomic E-state index is 0.00599. The van der Waals surface area contributed by atoms with Gasteiger partial charge < -0.3 is 14.5 Å². The van der Waals surface area contributed by atoms with Gasteiger partial charge in [-0.3, -0.25) is 14.7 Å². The van der Waals surface area contributed by atoms with Crippen molar-refractivity contribution in [1.29, 1.82) is 0 Å². The molecule has 8 nitrogen and oxygen atoms in total. The Morgan fingerprint density at radius 2 is 1.84 bits per heavy atom. The van der Waals surface area contributed by atoms with E-state index in [1.165, 1.54) is 11.0 Å². The lowest BCUT2D eigenvalue weighted by Gasteiger charge is -2.47. The molecule has 4 fully saturated rings. The highest BCUT2D eigenvalue weighted by molar-refractivity contribution is 5.95. The summed E-state index contributed by atoms with van der Waals surface area (Å²) in [6.45, 7) is 6.37. The van der Waals surface area contributed by atoms with E-state index >= 15 is 8.78 Å². The van der Waals surface area contributed by atoms with E-state index in [0.717, 1.165) is 75.6 Å². The van der Waals surface area contributed by atoms with Gasteiger partial charge in [0, 0.05) is 36.4 Å². The van der Waals surface area contributed by atoms with Gasteiger partial charge in [-0.25, -0.2) is 13.2 Å². The summed E-state index contributed by atoms with van der Waals surface area (Å²) in [5.41, 5.74) is 2.23. The smallest absolute Gasteiger partial charge is 0.319 e. The third kappa shape index (κ3) is 4.22. The fourth-order valence-corrected chi connectivity index (χ4v) is 8.50. The molecule has 1 amide bonds. The number of ether oxygens (including phenoxy) is 1. The topological polar surface area (TPSA) is 74.7 Å². The van der Waals surface area contributed by atoms with Crippen LogP contribution in [0.3, 0.4) is 0 Å². The van der Waals surface area contributed by atoms with Crippen molar-refractivity contribution in [2.24, 2.45) is 0 Å². The molecule has 0 unspecified atom stereocenters. The first kappa shape index (κ1) is 27.8. The van der Waals surface area contributed by atoms with E-state index in [0.29, 0.717) is 37.5 Å². The van der Waals surface area contributed by atoms with Crippen LogP contribution in [0.2, 0.25) is 0 Å². The second-order valence-corrected chi connectivity index (χ2v) is 13.0. The summed E-state index contributed by atoms with van der Waals surface area (Å²) < 4.78 is 52.7. The fraction of sp³-hybridized carbons (Fsp3) is 0.515. The van der Waals surface area contributed by atoms with Crippen molar-refractivity contribution in [3.05, 3.63) is 53.6 Å². The maximum absolute atomic E-state index is 16.7. The van der Waals surface area contributed by atoms with Gasteiger partial charge in [0.15, 0.2) is 11.6 Å². The van der Waals surface area contributed by atoms with Gasteiger partial charge in [0.25, 0.3) is 5.91 Å². The minimum atomic E-state index is -0.992. The Bertz CT molecular complexity index is 1690. The van der Waals surface area contributed by atoms with Crippen molar-refractivity contribution in [2.45, 2.75) is 75.4 Å². The molecule has 0 N–H and O–H groups in total. The highest BCUT2D eigenvalue weighted by atomic mass is 19.1. The monoisotopic (exact) mass is 604 g/mol. The Balaban J connectivity index is 1.22. The first-order chi connectivity index (χ1) is 21.3. The SMILES string of the molecule is C=C(F)C(=O)N1CC[C@@H]2[C@H]1CN2c1nc(OCC23CCCN2CCC3)nc2c(F)c(-c3cncc4c3CCCC4)c(F)cc12. The Morgan fingerprint density at radius 3 is 2.64 bits per heavy atom. The van der Waals surface area contributed by atoms with Crippen LogP contribution in [0.4, 0.5) is 19.0 Å². The van der Waals surface area contributed by atoms with E-state index in [1.54, 1.807) is 12.4 Å². The maximum atomic E-state index is 16.7. The molecule has 2 atom stereocenters. The van der Waals surface area contributed by atoms with Gasteiger partial charge in [-0.1, -0.05) is 6.58 Å². The number of carbonyl (C=O) groups is 1. The Labute approximate surface area is 253 Å². The molecule has 6 heterocycles. The van der Waals surface area contributed by atoms with Crippen LogP contribution in [0.5, 0.6) is 6.01 Å². The van der Waals surface area contributed by atoms with Gasteiger partial charge in [-0.2, -0.15) is 9.97 Å². The number of fused-ring (bicyclic) bond motifs is 4. The second-order valence-electron chi connectivity index (χ2n) is 13.0. The standard InChI is InChI=1S/C33H35F3N6O2/c1-19(34)31(43)41-13-8-25-26(41)17-42(25)30-22-14-24(35)27(23-16-37-15-20-6-2-3-7-21(20)23)28(36)29(22)38-32(39-30)44-18-33-9-4-11-40(33)12-5-10-33/h14-16,25-26H,1-13,17-18H2/t25-,26-/m1/s1. The fourth-order valence-electron chi connectivity index (χ4n) is 8.50. The van der Waals surface area contributed by atoms with E-state index in [9.17, 15) is 9.18 Å². The summed E-state index contributed by atoms with van der Waals surface area (Å²) in [4.78, 5) is 31.9. The molecule has 1 aromatic carbocycles. The summed E-state index contributed by atoms with van der Waals surface area (Å²) in [5, 5.41) is 0.244. The first-order valence-electron chi connectivity index (χ1n) is 15.8. The van der Waals surface area contributed by atoms with Gasteiger partial charge in [-0.05, 0) is 88.1 Å². The zero-order chi connectivity index (χ0) is 30.2. The minimum Gasteiger partial charge on any atom is -0.461 e. The predicted molar refractivity (Wildman–Crippen MR) is 159 cm³/mol. The van der Waals surface area contributed by atoms with Crippen molar-refractivity contribution in [1.82, 2.24) is 24.8 Å². The molecule has 5 aliphatic rings. The van der Waals surface area contributed by atoms with Crippen LogP contribution in [0.15, 0.2) is 30.9 Å². The normalized spacial score (nSPS) is 23.8. The average Bonchev–Trinajstić information content (AvgIpc) is 3.69. The molecule has 0 saturated carbocycles. The summed E-state index contributed by atoms with van der Waals surface area (Å²) in [7, 11) is 0. The van der Waals surface area contributed by atoms with Crippen LogP contribution < -0.4 is 9.64 Å². The summed E-state index contributed by atoms with van der Waals surface area (Å²) in [5.74, 6) is -2.80. The second kappa shape index (κ2) is 10.4. The third-order valence-corrected chi connectivity index (χ3v) is 10.7. The number of hydrogen-bond donors (Lipinski definition) is 0. The zero-order valence-electron chi connectivity index (χ0n) is 24.6. The van der Waals surface area contributed by atoms with Gasteiger partial charge in [0.2, 0.25) is 0 Å². The number of rotatable bonds is 6. The number of amides is 1. The van der Waals surface area contributed by atoms with E-state index in [1.807, 2.05) is 4.90 Å². The molecule has 8 rings (SSSR count). The number of likely N-dealkylation sites (tertiary alicyclic amines) is 1. The molecule has 44 heavy (non-hydrogen) atoms. The molecule has 2 aromatic heterocycles. The lowest BCUT2D eigenvalue weighted by atomic mass is 9.87. The summed E-state index contributed by atoms with van der Waals surface area (Å²) >= 11 is 0. The molecule has 230 valence electrons. The Kier molecular flexibility index (Phi) is 6.59. The third-order valence-electron chi connectivity index (χ3n) is 10.7. The van der Waals surface area contributed by atoms with Crippen LogP contribution in [0.25, 0.3) is 22.0 Å². The van der Waals surface area contributed by atoms with Gasteiger partial charge in [-0.15, -0.1) is 0 Å². The van der Waals surface area contributed by atoms with Crippen LogP contribution in [-0.2, 0) is 17.6 Å². The van der Waals surface area contributed by atoms with Crippen molar-refractivity contribution in [3.8, 4) is 17.1 Å². The largest absolute Gasteiger partial charge is 0.461 e. The van der Waals surface area contributed by atoms with E-state index in [-0.39, 0.29) is 40.1 Å². The molecule has 0 spiro atoms. The predicted octanol–water partition coefficient (Wildman–Crippen LogP) is 5.13. The Hall–Kier alpha value is -3.73. The number of carbonyl (C=O) groups excluding carboxylic acids is 1. The molecule has 0 radical (unpaired) electrons. The average molecular weight is 605 g/mol. The number of halogens is 3. The number of aryl methyl sites for hydroxylation is 1. The van der Waals surface area contributed by atoms with Gasteiger partial charge in [0.1, 0.15) is 23.8 Å². The van der Waals surface area contributed by atoms with Crippen molar-refractivity contribution in [3.63, 3.8) is 0 Å². The van der Waals surface area contributed by atoms with Crippen LogP contribution in [0, 0.1) is 11.6 Å². The number of benzene rings is 1. The molecule has 0 bridgehead atoms. The number of hydrogen-bond acceptors (Lipinski definition) is 7. The van der Waals surface area contributed by atoms with Crippen LogP contribution in [0.1, 0.15) is 56.1 Å². The van der Waals surface area contributed by atoms with Gasteiger partial charge >= 0.3 is 6.01 Å².